The van der Waals surface area contributed by atoms with Gasteiger partial charge < -0.3 is 10.1 Å². The van der Waals surface area contributed by atoms with Crippen LogP contribution in [0.1, 0.15) is 25.5 Å². The van der Waals surface area contributed by atoms with E-state index in [4.69, 9.17) is 4.74 Å². The number of aliphatic imine (C=N–C) groups is 1. The van der Waals surface area contributed by atoms with Gasteiger partial charge in [-0.2, -0.15) is 0 Å². The Morgan fingerprint density at radius 3 is 2.83 bits per heavy atom. The average molecular weight is 247 g/mol. The zero-order chi connectivity index (χ0) is 13.0. The molecule has 2 N–H and O–H groups in total. The van der Waals surface area contributed by atoms with Crippen molar-refractivity contribution in [2.45, 2.75) is 26.0 Å². The third-order valence-electron chi connectivity index (χ3n) is 2.51. The van der Waals surface area contributed by atoms with E-state index in [0.717, 1.165) is 5.56 Å². The van der Waals surface area contributed by atoms with Gasteiger partial charge in [-0.25, -0.2) is 4.79 Å². The minimum absolute atomic E-state index is 0.112. The van der Waals surface area contributed by atoms with Crippen LogP contribution in [0, 0.1) is 0 Å². The first-order valence-corrected chi connectivity index (χ1v) is 5.98. The molecule has 0 aromatic heterocycles. The highest BCUT2D eigenvalue weighted by Crippen LogP contribution is 2.15. The van der Waals surface area contributed by atoms with Crippen molar-refractivity contribution in [2.75, 3.05) is 6.54 Å². The second kappa shape index (κ2) is 5.53. The third-order valence-corrected chi connectivity index (χ3v) is 2.51. The van der Waals surface area contributed by atoms with E-state index < -0.39 is 6.09 Å². The Balaban J connectivity index is 1.87. The molecule has 0 aliphatic carbocycles. The van der Waals surface area contributed by atoms with Crippen LogP contribution in [0.5, 0.6) is 0 Å². The molecule has 1 aliphatic rings. The summed E-state index contributed by atoms with van der Waals surface area (Å²) in [6.07, 6.45) is -0.623. The van der Waals surface area contributed by atoms with Crippen LogP contribution >= 0.6 is 0 Å². The van der Waals surface area contributed by atoms with Gasteiger partial charge in [-0.15, -0.1) is 0 Å². The van der Waals surface area contributed by atoms with Gasteiger partial charge in [-0.1, -0.05) is 30.3 Å². The standard InChI is InChI=1S/C13H17N3O2/c1-9(2)18-13(17)16-12-14-8-11(15-12)10-6-4-3-5-7-10/h3-7,9,11H,8H2,1-2H3,(H2,14,15,16,17). The van der Waals surface area contributed by atoms with Crippen molar-refractivity contribution in [1.29, 1.82) is 0 Å². The molecular weight excluding hydrogens is 230 g/mol. The highest BCUT2D eigenvalue weighted by Gasteiger charge is 2.20. The summed E-state index contributed by atoms with van der Waals surface area (Å²) < 4.78 is 4.98. The minimum atomic E-state index is -0.482. The SMILES string of the molecule is CC(C)OC(=O)NC1=NCC(c2ccccc2)N1. The molecule has 0 radical (unpaired) electrons. The van der Waals surface area contributed by atoms with Gasteiger partial charge in [0.25, 0.3) is 0 Å². The van der Waals surface area contributed by atoms with Gasteiger partial charge >= 0.3 is 6.09 Å². The summed E-state index contributed by atoms with van der Waals surface area (Å²) in [5.74, 6) is 0.467. The van der Waals surface area contributed by atoms with Gasteiger partial charge in [0.15, 0.2) is 0 Å². The fraction of sp³-hybridized carbons (Fsp3) is 0.385. The predicted octanol–water partition coefficient (Wildman–Crippen LogP) is 1.82. The average Bonchev–Trinajstić information content (AvgIpc) is 2.77. The van der Waals surface area contributed by atoms with E-state index in [-0.39, 0.29) is 12.1 Å². The lowest BCUT2D eigenvalue weighted by atomic mass is 10.1. The lowest BCUT2D eigenvalue weighted by Gasteiger charge is -2.13. The van der Waals surface area contributed by atoms with E-state index >= 15 is 0 Å². The Morgan fingerprint density at radius 1 is 1.44 bits per heavy atom. The normalized spacial score (nSPS) is 18.2. The molecule has 18 heavy (non-hydrogen) atoms. The predicted molar refractivity (Wildman–Crippen MR) is 69.4 cm³/mol. The number of rotatable bonds is 2. The number of nitrogens with one attached hydrogen (secondary N) is 2. The quantitative estimate of drug-likeness (QED) is 0.838. The molecule has 0 bridgehead atoms. The fourth-order valence-corrected chi connectivity index (χ4v) is 1.73. The Morgan fingerprint density at radius 2 is 2.17 bits per heavy atom. The maximum atomic E-state index is 11.4. The molecule has 2 rings (SSSR count). The Bertz CT molecular complexity index is 443. The molecule has 1 aliphatic heterocycles. The Kier molecular flexibility index (Phi) is 3.82. The van der Waals surface area contributed by atoms with Crippen LogP contribution in [0.2, 0.25) is 0 Å². The van der Waals surface area contributed by atoms with Crippen molar-refractivity contribution in [1.82, 2.24) is 10.6 Å². The van der Waals surface area contributed by atoms with E-state index in [0.29, 0.717) is 12.5 Å². The van der Waals surface area contributed by atoms with Crippen LogP contribution in [-0.4, -0.2) is 24.7 Å². The summed E-state index contributed by atoms with van der Waals surface area (Å²) in [6.45, 7) is 4.22. The molecule has 1 heterocycles. The number of amides is 1. The van der Waals surface area contributed by atoms with Crippen molar-refractivity contribution in [3.8, 4) is 0 Å². The van der Waals surface area contributed by atoms with E-state index in [1.807, 2.05) is 30.3 Å². The largest absolute Gasteiger partial charge is 0.447 e. The molecule has 1 amide bonds. The van der Waals surface area contributed by atoms with Crippen LogP contribution in [0.25, 0.3) is 0 Å². The van der Waals surface area contributed by atoms with Crippen molar-refractivity contribution < 1.29 is 9.53 Å². The van der Waals surface area contributed by atoms with Crippen LogP contribution in [0.15, 0.2) is 35.3 Å². The molecule has 1 unspecified atom stereocenters. The summed E-state index contributed by atoms with van der Waals surface area (Å²) >= 11 is 0. The van der Waals surface area contributed by atoms with Gasteiger partial charge in [0.05, 0.1) is 18.7 Å². The van der Waals surface area contributed by atoms with Crippen LogP contribution in [0.4, 0.5) is 4.79 Å². The zero-order valence-electron chi connectivity index (χ0n) is 10.5. The summed E-state index contributed by atoms with van der Waals surface area (Å²) in [4.78, 5) is 15.6. The molecule has 5 heteroatoms. The van der Waals surface area contributed by atoms with Crippen molar-refractivity contribution in [2.24, 2.45) is 4.99 Å². The number of hydrogen-bond donors (Lipinski definition) is 2. The second-order valence-electron chi connectivity index (χ2n) is 4.38. The number of carbonyl (C=O) groups is 1. The van der Waals surface area contributed by atoms with Crippen molar-refractivity contribution in [3.63, 3.8) is 0 Å². The number of nitrogens with zero attached hydrogens (tertiary/aromatic N) is 1. The van der Waals surface area contributed by atoms with Crippen molar-refractivity contribution in [3.05, 3.63) is 35.9 Å². The number of carbonyl (C=O) groups excluding carboxylic acids is 1. The smallest absolute Gasteiger partial charge is 0.414 e. The number of guanidine groups is 1. The highest BCUT2D eigenvalue weighted by atomic mass is 16.6. The Labute approximate surface area is 106 Å². The monoisotopic (exact) mass is 247 g/mol. The van der Waals surface area contributed by atoms with Crippen molar-refractivity contribution >= 4 is 12.1 Å². The van der Waals surface area contributed by atoms with Gasteiger partial charge in [-0.05, 0) is 19.4 Å². The number of benzene rings is 1. The zero-order valence-corrected chi connectivity index (χ0v) is 10.5. The summed E-state index contributed by atoms with van der Waals surface area (Å²) in [7, 11) is 0. The molecule has 96 valence electrons. The molecular formula is C13H17N3O2. The van der Waals surface area contributed by atoms with Gasteiger partial charge in [0, 0.05) is 0 Å². The third kappa shape index (κ3) is 3.23. The second-order valence-corrected chi connectivity index (χ2v) is 4.38. The number of ether oxygens (including phenoxy) is 1. The van der Waals surface area contributed by atoms with E-state index in [9.17, 15) is 4.79 Å². The molecule has 1 aromatic rings. The lowest BCUT2D eigenvalue weighted by molar-refractivity contribution is 0.120. The maximum Gasteiger partial charge on any atom is 0.414 e. The molecule has 1 atom stereocenters. The lowest BCUT2D eigenvalue weighted by Crippen LogP contribution is -2.40. The van der Waals surface area contributed by atoms with Gasteiger partial charge in [0.1, 0.15) is 0 Å². The summed E-state index contributed by atoms with van der Waals surface area (Å²) in [6, 6.07) is 10.1. The first-order valence-electron chi connectivity index (χ1n) is 5.98. The molecule has 5 nitrogen and oxygen atoms in total. The van der Waals surface area contributed by atoms with Crippen LogP contribution in [0.3, 0.4) is 0 Å². The number of hydrogen-bond acceptors (Lipinski definition) is 4. The molecule has 0 saturated heterocycles. The van der Waals surface area contributed by atoms with E-state index in [1.54, 1.807) is 13.8 Å². The Hall–Kier alpha value is -2.04. The van der Waals surface area contributed by atoms with E-state index in [1.165, 1.54) is 0 Å². The molecule has 0 saturated carbocycles. The van der Waals surface area contributed by atoms with Crippen LogP contribution < -0.4 is 10.6 Å². The van der Waals surface area contributed by atoms with E-state index in [2.05, 4.69) is 15.6 Å². The topological polar surface area (TPSA) is 62.7 Å². The minimum Gasteiger partial charge on any atom is -0.447 e. The van der Waals surface area contributed by atoms with Gasteiger partial charge in [-0.3, -0.25) is 10.3 Å². The summed E-state index contributed by atoms with van der Waals surface area (Å²) in [5.41, 5.74) is 1.15. The molecule has 0 fully saturated rings. The summed E-state index contributed by atoms with van der Waals surface area (Å²) in [5, 5.41) is 5.74. The van der Waals surface area contributed by atoms with Gasteiger partial charge in [0.2, 0.25) is 5.96 Å². The first-order chi connectivity index (χ1) is 8.65. The first kappa shape index (κ1) is 12.4. The highest BCUT2D eigenvalue weighted by molar-refractivity contribution is 5.95. The van der Waals surface area contributed by atoms with Crippen LogP contribution in [-0.2, 0) is 4.74 Å². The maximum absolute atomic E-state index is 11.4. The fourth-order valence-electron chi connectivity index (χ4n) is 1.73. The molecule has 0 spiro atoms. The number of alkyl carbamates (subject to hydrolysis) is 1. The molecule has 1 aromatic carbocycles.